The molecule has 1 N–H and O–H groups in total. The molecule has 0 aromatic carbocycles. The van der Waals surface area contributed by atoms with Crippen LogP contribution in [0.1, 0.15) is 209 Å². The van der Waals surface area contributed by atoms with E-state index in [0.717, 1.165) is 82.5 Å². The zero-order valence-electron chi connectivity index (χ0n) is 34.2. The standard InChI is InChI=1S/C46H80O4/c1-9-10-11-12-13-14-15-16-17-18-19-20-21-32-44(48)50-36-25-31-43-42(41(6)37-47)33-35-46(8,49)45(43,7)34-24-30-40(5)29-23-28-39(4)27-22-26-38(2)3/h26,28,30,37,43,49H,9-25,27,29,31-36H2,1-8H3/b39-28+,40-30+,42-41+/t43-,45+,46+/m1/s1. The maximum Gasteiger partial charge on any atom is 0.305 e. The van der Waals surface area contributed by atoms with Crippen LogP contribution in [-0.2, 0) is 14.3 Å². The molecule has 0 unspecified atom stereocenters. The van der Waals surface area contributed by atoms with Gasteiger partial charge in [-0.15, -0.1) is 0 Å². The Morgan fingerprint density at radius 1 is 0.740 bits per heavy atom. The fraction of sp³-hybridized carbons (Fsp3) is 0.783. The van der Waals surface area contributed by atoms with Crippen molar-refractivity contribution in [2.45, 2.75) is 215 Å². The van der Waals surface area contributed by atoms with Gasteiger partial charge in [0.05, 0.1) is 12.2 Å². The number of carbonyl (C=O) groups excluding carboxylic acids is 2. The van der Waals surface area contributed by atoms with Gasteiger partial charge in [0.25, 0.3) is 0 Å². The molecule has 4 heteroatoms. The second-order valence-corrected chi connectivity index (χ2v) is 16.4. The van der Waals surface area contributed by atoms with Gasteiger partial charge in [0.2, 0.25) is 0 Å². The molecule has 1 fully saturated rings. The maximum absolute atomic E-state index is 12.5. The van der Waals surface area contributed by atoms with Gasteiger partial charge < -0.3 is 9.84 Å². The van der Waals surface area contributed by atoms with Crippen molar-refractivity contribution in [2.24, 2.45) is 11.3 Å². The van der Waals surface area contributed by atoms with Gasteiger partial charge in [0.1, 0.15) is 6.29 Å². The lowest BCUT2D eigenvalue weighted by Gasteiger charge is -2.53. The first-order valence-electron chi connectivity index (χ1n) is 20.8. The maximum atomic E-state index is 12.5. The third-order valence-corrected chi connectivity index (χ3v) is 11.6. The Hall–Kier alpha value is -1.94. The molecular weight excluding hydrogens is 617 g/mol. The van der Waals surface area contributed by atoms with Crippen molar-refractivity contribution in [1.82, 2.24) is 0 Å². The van der Waals surface area contributed by atoms with Crippen LogP contribution >= 0.6 is 0 Å². The molecule has 288 valence electrons. The Bertz CT molecular complexity index is 1070. The van der Waals surface area contributed by atoms with E-state index in [1.165, 1.54) is 92.9 Å². The van der Waals surface area contributed by atoms with E-state index in [2.05, 4.69) is 59.8 Å². The van der Waals surface area contributed by atoms with E-state index in [-0.39, 0.29) is 17.3 Å². The van der Waals surface area contributed by atoms with Gasteiger partial charge in [-0.3, -0.25) is 9.59 Å². The van der Waals surface area contributed by atoms with E-state index < -0.39 is 5.60 Å². The largest absolute Gasteiger partial charge is 0.466 e. The van der Waals surface area contributed by atoms with Gasteiger partial charge in [0, 0.05) is 11.8 Å². The molecule has 0 amide bonds. The van der Waals surface area contributed by atoms with Gasteiger partial charge in [-0.1, -0.05) is 131 Å². The van der Waals surface area contributed by atoms with Crippen LogP contribution in [0.2, 0.25) is 0 Å². The van der Waals surface area contributed by atoms with Crippen molar-refractivity contribution in [2.75, 3.05) is 6.61 Å². The van der Waals surface area contributed by atoms with Crippen LogP contribution in [0.15, 0.2) is 46.1 Å². The van der Waals surface area contributed by atoms with Crippen molar-refractivity contribution >= 4 is 12.3 Å². The van der Waals surface area contributed by atoms with Crippen molar-refractivity contribution < 1.29 is 19.4 Å². The number of hydrogen-bond donors (Lipinski definition) is 1. The Balaban J connectivity index is 2.55. The van der Waals surface area contributed by atoms with Gasteiger partial charge in [-0.05, 0) is 124 Å². The summed E-state index contributed by atoms with van der Waals surface area (Å²) in [6.07, 6.45) is 34.4. The number of unbranched alkanes of at least 4 members (excludes halogenated alkanes) is 12. The highest BCUT2D eigenvalue weighted by Gasteiger charge is 2.52. The van der Waals surface area contributed by atoms with Gasteiger partial charge in [0.15, 0.2) is 0 Å². The fourth-order valence-electron chi connectivity index (χ4n) is 7.87. The smallest absolute Gasteiger partial charge is 0.305 e. The molecule has 0 radical (unpaired) electrons. The summed E-state index contributed by atoms with van der Waals surface area (Å²) in [4.78, 5) is 24.4. The van der Waals surface area contributed by atoms with Crippen molar-refractivity contribution in [3.63, 3.8) is 0 Å². The molecule has 50 heavy (non-hydrogen) atoms. The Kier molecular flexibility index (Phi) is 24.7. The number of esters is 1. The molecule has 0 bridgehead atoms. The first-order valence-corrected chi connectivity index (χ1v) is 20.8. The summed E-state index contributed by atoms with van der Waals surface area (Å²) in [6, 6.07) is 0. The van der Waals surface area contributed by atoms with Crippen LogP contribution in [-0.4, -0.2) is 29.6 Å². The summed E-state index contributed by atoms with van der Waals surface area (Å²) in [7, 11) is 0. The van der Waals surface area contributed by atoms with E-state index >= 15 is 0 Å². The van der Waals surface area contributed by atoms with Crippen molar-refractivity contribution in [1.29, 1.82) is 0 Å². The number of rotatable bonds is 28. The molecule has 1 aliphatic rings. The highest BCUT2D eigenvalue weighted by atomic mass is 16.5. The molecule has 1 rings (SSSR count). The summed E-state index contributed by atoms with van der Waals surface area (Å²) in [5.74, 6) is -0.0128. The predicted molar refractivity (Wildman–Crippen MR) is 215 cm³/mol. The minimum atomic E-state index is -0.831. The number of ether oxygens (including phenoxy) is 1. The minimum absolute atomic E-state index is 0.0799. The molecular formula is C46H80O4. The van der Waals surface area contributed by atoms with Crippen LogP contribution < -0.4 is 0 Å². The quantitative estimate of drug-likeness (QED) is 0.0291. The molecule has 0 saturated heterocycles. The highest BCUT2D eigenvalue weighted by Crippen LogP contribution is 2.55. The summed E-state index contributed by atoms with van der Waals surface area (Å²) in [5.41, 5.74) is 5.01. The minimum Gasteiger partial charge on any atom is -0.466 e. The van der Waals surface area contributed by atoms with E-state index in [9.17, 15) is 14.7 Å². The predicted octanol–water partition coefficient (Wildman–Crippen LogP) is 13.7. The van der Waals surface area contributed by atoms with E-state index in [0.29, 0.717) is 19.4 Å². The van der Waals surface area contributed by atoms with Crippen LogP contribution in [0.5, 0.6) is 0 Å². The van der Waals surface area contributed by atoms with E-state index in [1.807, 2.05) is 13.8 Å². The summed E-state index contributed by atoms with van der Waals surface area (Å²) in [5, 5.41) is 11.8. The van der Waals surface area contributed by atoms with Gasteiger partial charge in [-0.25, -0.2) is 0 Å². The fourth-order valence-corrected chi connectivity index (χ4v) is 7.87. The second kappa shape index (κ2) is 26.8. The Labute approximate surface area is 310 Å². The number of aliphatic hydroxyl groups is 1. The van der Waals surface area contributed by atoms with Crippen LogP contribution in [0.25, 0.3) is 0 Å². The number of hydrogen-bond acceptors (Lipinski definition) is 4. The van der Waals surface area contributed by atoms with E-state index in [1.54, 1.807) is 0 Å². The Morgan fingerprint density at radius 2 is 1.26 bits per heavy atom. The topological polar surface area (TPSA) is 63.6 Å². The molecule has 3 atom stereocenters. The summed E-state index contributed by atoms with van der Waals surface area (Å²) in [6.45, 7) is 17.6. The summed E-state index contributed by atoms with van der Waals surface area (Å²) >= 11 is 0. The normalized spacial score (nSPS) is 22.4. The average Bonchev–Trinajstić information content (AvgIpc) is 3.06. The first kappa shape index (κ1) is 46.1. The lowest BCUT2D eigenvalue weighted by Crippen LogP contribution is -2.52. The molecule has 0 heterocycles. The van der Waals surface area contributed by atoms with Gasteiger partial charge in [-0.2, -0.15) is 0 Å². The molecule has 1 aliphatic carbocycles. The van der Waals surface area contributed by atoms with Crippen LogP contribution in [0.3, 0.4) is 0 Å². The molecule has 0 aliphatic heterocycles. The molecule has 0 aromatic heterocycles. The van der Waals surface area contributed by atoms with Crippen molar-refractivity contribution in [3.05, 3.63) is 46.1 Å². The van der Waals surface area contributed by atoms with Crippen molar-refractivity contribution in [3.8, 4) is 0 Å². The van der Waals surface area contributed by atoms with Crippen LogP contribution in [0, 0.1) is 11.3 Å². The molecule has 0 aromatic rings. The highest BCUT2D eigenvalue weighted by molar-refractivity contribution is 5.74. The van der Waals surface area contributed by atoms with Gasteiger partial charge >= 0.3 is 5.97 Å². The lowest BCUT2D eigenvalue weighted by atomic mass is 9.54. The Morgan fingerprint density at radius 3 is 1.80 bits per heavy atom. The first-order chi connectivity index (χ1) is 23.9. The second-order valence-electron chi connectivity index (χ2n) is 16.4. The zero-order chi connectivity index (χ0) is 37.3. The third-order valence-electron chi connectivity index (χ3n) is 11.6. The zero-order valence-corrected chi connectivity index (χ0v) is 34.2. The molecule has 0 spiro atoms. The van der Waals surface area contributed by atoms with E-state index in [4.69, 9.17) is 4.74 Å². The summed E-state index contributed by atoms with van der Waals surface area (Å²) < 4.78 is 5.68. The SMILES string of the molecule is CCCCCCCCCCCCCCCC(=O)OCCC[C@@H]1/C(=C(\C)C=O)CC[C@](C)(O)[C@@]1(C)CC/C=C(\C)CC/C=C(\C)CCC=C(C)C. The molecule has 4 nitrogen and oxygen atoms in total. The number of aldehydes is 1. The average molecular weight is 697 g/mol. The third kappa shape index (κ3) is 19.1. The molecule has 1 saturated carbocycles. The number of allylic oxidation sites excluding steroid dienone is 8. The lowest BCUT2D eigenvalue weighted by molar-refractivity contribution is -0.144. The number of carbonyl (C=O) groups is 2. The van der Waals surface area contributed by atoms with Crippen LogP contribution in [0.4, 0.5) is 0 Å². The monoisotopic (exact) mass is 697 g/mol.